The van der Waals surface area contributed by atoms with Crippen LogP contribution in [0.15, 0.2) is 0 Å². The molecule has 96 valence electrons. The predicted molar refractivity (Wildman–Crippen MR) is 50.0 cm³/mol. The summed E-state index contributed by atoms with van der Waals surface area (Å²) in [5, 5.41) is 10.8. The standard InChI is InChI=1S/C10H12F3NO3/c11-10(12,13)6(15)14-5-8-1-2-9(3-8,4-8)7(16)17/h1-5H2,(H,14,15)(H,16,17). The Kier molecular flexibility index (Phi) is 2.41. The molecule has 7 heteroatoms. The Morgan fingerprint density at radius 3 is 2.24 bits per heavy atom. The van der Waals surface area contributed by atoms with Gasteiger partial charge in [-0.3, -0.25) is 9.59 Å². The fourth-order valence-electron chi connectivity index (χ4n) is 3.08. The highest BCUT2D eigenvalue weighted by molar-refractivity contribution is 5.82. The van der Waals surface area contributed by atoms with Crippen LogP contribution in [0.4, 0.5) is 13.2 Å². The van der Waals surface area contributed by atoms with E-state index >= 15 is 0 Å². The minimum atomic E-state index is -4.87. The van der Waals surface area contributed by atoms with Gasteiger partial charge in [0.1, 0.15) is 0 Å². The third-order valence-electron chi connectivity index (χ3n) is 3.90. The smallest absolute Gasteiger partial charge is 0.471 e. The maximum atomic E-state index is 12.0. The highest BCUT2D eigenvalue weighted by Gasteiger charge is 2.64. The van der Waals surface area contributed by atoms with E-state index in [4.69, 9.17) is 5.11 Å². The van der Waals surface area contributed by atoms with Gasteiger partial charge in [-0.25, -0.2) is 0 Å². The number of carboxylic acids is 1. The molecule has 0 saturated heterocycles. The highest BCUT2D eigenvalue weighted by atomic mass is 19.4. The van der Waals surface area contributed by atoms with Crippen LogP contribution in [0.5, 0.6) is 0 Å². The zero-order valence-corrected chi connectivity index (χ0v) is 8.93. The molecule has 0 atom stereocenters. The Balaban J connectivity index is 1.88. The van der Waals surface area contributed by atoms with Gasteiger partial charge >= 0.3 is 18.1 Å². The summed E-state index contributed by atoms with van der Waals surface area (Å²) < 4.78 is 35.9. The molecule has 2 bridgehead atoms. The average Bonchev–Trinajstić information content (AvgIpc) is 2.67. The van der Waals surface area contributed by atoms with Crippen molar-refractivity contribution in [3.63, 3.8) is 0 Å². The van der Waals surface area contributed by atoms with Crippen molar-refractivity contribution in [2.45, 2.75) is 31.9 Å². The Morgan fingerprint density at radius 1 is 1.24 bits per heavy atom. The van der Waals surface area contributed by atoms with Crippen LogP contribution in [0.1, 0.15) is 25.7 Å². The molecule has 1 amide bonds. The zero-order valence-electron chi connectivity index (χ0n) is 8.93. The SMILES string of the molecule is O=C(NCC12CCC(C(=O)O)(C1)C2)C(F)(F)F. The van der Waals surface area contributed by atoms with Gasteiger partial charge in [-0.2, -0.15) is 13.2 Å². The zero-order chi connectivity index (χ0) is 12.9. The van der Waals surface area contributed by atoms with Gasteiger partial charge in [0.15, 0.2) is 0 Å². The van der Waals surface area contributed by atoms with Crippen molar-refractivity contribution in [3.05, 3.63) is 0 Å². The minimum absolute atomic E-state index is 0.0830. The summed E-state index contributed by atoms with van der Waals surface area (Å²) in [6.45, 7) is -0.0830. The normalized spacial score (nSPS) is 35.2. The Labute approximate surface area is 95.2 Å². The number of halogens is 3. The number of carbonyl (C=O) groups is 2. The van der Waals surface area contributed by atoms with E-state index in [0.717, 1.165) is 0 Å². The number of alkyl halides is 3. The fraction of sp³-hybridized carbons (Fsp3) is 0.800. The van der Waals surface area contributed by atoms with Gasteiger partial charge in [-0.1, -0.05) is 0 Å². The quantitative estimate of drug-likeness (QED) is 0.794. The number of nitrogens with one attached hydrogen (secondary N) is 1. The molecule has 0 spiro atoms. The van der Waals surface area contributed by atoms with Crippen LogP contribution in [0.2, 0.25) is 0 Å². The van der Waals surface area contributed by atoms with Gasteiger partial charge in [-0.15, -0.1) is 0 Å². The van der Waals surface area contributed by atoms with Gasteiger partial charge in [0, 0.05) is 6.54 Å². The molecule has 0 aromatic heterocycles. The third-order valence-corrected chi connectivity index (χ3v) is 3.90. The van der Waals surface area contributed by atoms with E-state index in [1.807, 2.05) is 5.32 Å². The molecule has 0 radical (unpaired) electrons. The number of hydrogen-bond donors (Lipinski definition) is 2. The molecule has 17 heavy (non-hydrogen) atoms. The molecule has 0 aliphatic heterocycles. The topological polar surface area (TPSA) is 66.4 Å². The lowest BCUT2D eigenvalue weighted by atomic mass is 9.60. The van der Waals surface area contributed by atoms with Crippen molar-refractivity contribution < 1.29 is 27.9 Å². The van der Waals surface area contributed by atoms with Crippen LogP contribution in [-0.2, 0) is 9.59 Å². The second kappa shape index (κ2) is 3.36. The number of carbonyl (C=O) groups excluding carboxylic acids is 1. The molecule has 0 unspecified atom stereocenters. The number of carboxylic acid groups (broad SMARTS) is 1. The molecule has 3 aliphatic rings. The number of amides is 1. The molecule has 4 nitrogen and oxygen atoms in total. The van der Waals surface area contributed by atoms with E-state index in [-0.39, 0.29) is 6.54 Å². The summed E-state index contributed by atoms with van der Waals surface area (Å²) in [6, 6.07) is 0. The van der Waals surface area contributed by atoms with E-state index < -0.39 is 28.9 Å². The summed E-state index contributed by atoms with van der Waals surface area (Å²) in [7, 11) is 0. The number of fused-ring (bicyclic) bond motifs is 1. The van der Waals surface area contributed by atoms with Crippen LogP contribution in [-0.4, -0.2) is 29.7 Å². The lowest BCUT2D eigenvalue weighted by Gasteiger charge is -2.44. The summed E-state index contributed by atoms with van der Waals surface area (Å²) in [5.74, 6) is -2.83. The monoisotopic (exact) mass is 251 g/mol. The molecule has 2 N–H and O–H groups in total. The lowest BCUT2D eigenvalue weighted by Crippen LogP contribution is -2.50. The van der Waals surface area contributed by atoms with Gasteiger partial charge in [0.25, 0.3) is 0 Å². The lowest BCUT2D eigenvalue weighted by molar-refractivity contribution is -0.175. The van der Waals surface area contributed by atoms with Crippen LogP contribution in [0.3, 0.4) is 0 Å². The molecule has 0 aromatic rings. The fourth-order valence-corrected chi connectivity index (χ4v) is 3.08. The number of aliphatic carboxylic acids is 1. The predicted octanol–water partition coefficient (Wildman–Crippen LogP) is 1.31. The molecule has 3 rings (SSSR count). The molecule has 3 fully saturated rings. The minimum Gasteiger partial charge on any atom is -0.481 e. The molecular weight excluding hydrogens is 239 g/mol. The summed E-state index contributed by atoms with van der Waals surface area (Å²) in [6.07, 6.45) is -3.08. The Hall–Kier alpha value is -1.27. The van der Waals surface area contributed by atoms with E-state index in [0.29, 0.717) is 25.7 Å². The molecule has 3 aliphatic carbocycles. The van der Waals surface area contributed by atoms with Gasteiger partial charge in [0.05, 0.1) is 5.41 Å². The van der Waals surface area contributed by atoms with Crippen LogP contribution in [0, 0.1) is 10.8 Å². The van der Waals surface area contributed by atoms with Crippen molar-refractivity contribution in [2.24, 2.45) is 10.8 Å². The summed E-state index contributed by atoms with van der Waals surface area (Å²) in [4.78, 5) is 21.6. The van der Waals surface area contributed by atoms with E-state index in [1.165, 1.54) is 0 Å². The first-order chi connectivity index (χ1) is 7.69. The molecular formula is C10H12F3NO3. The Bertz CT molecular complexity index is 371. The van der Waals surface area contributed by atoms with E-state index in [2.05, 4.69) is 0 Å². The van der Waals surface area contributed by atoms with Crippen LogP contribution < -0.4 is 5.32 Å². The highest BCUT2D eigenvalue weighted by Crippen LogP contribution is 2.66. The maximum absolute atomic E-state index is 12.0. The van der Waals surface area contributed by atoms with Gasteiger partial charge in [0.2, 0.25) is 0 Å². The Morgan fingerprint density at radius 2 is 1.82 bits per heavy atom. The first kappa shape index (κ1) is 12.2. The van der Waals surface area contributed by atoms with E-state index in [1.54, 1.807) is 0 Å². The molecule has 0 aromatic carbocycles. The van der Waals surface area contributed by atoms with Gasteiger partial charge in [-0.05, 0) is 31.1 Å². The van der Waals surface area contributed by atoms with Crippen molar-refractivity contribution in [2.75, 3.05) is 6.54 Å². The first-order valence-corrected chi connectivity index (χ1v) is 5.28. The first-order valence-electron chi connectivity index (χ1n) is 5.28. The van der Waals surface area contributed by atoms with Crippen LogP contribution >= 0.6 is 0 Å². The number of rotatable bonds is 3. The average molecular weight is 251 g/mol. The third kappa shape index (κ3) is 1.87. The van der Waals surface area contributed by atoms with Crippen molar-refractivity contribution in [1.29, 1.82) is 0 Å². The van der Waals surface area contributed by atoms with Crippen molar-refractivity contribution in [3.8, 4) is 0 Å². The molecule has 3 saturated carbocycles. The molecule has 0 heterocycles. The summed E-state index contributed by atoms with van der Waals surface area (Å²) in [5.41, 5.74) is -1.18. The summed E-state index contributed by atoms with van der Waals surface area (Å²) >= 11 is 0. The van der Waals surface area contributed by atoms with E-state index in [9.17, 15) is 22.8 Å². The van der Waals surface area contributed by atoms with Crippen LogP contribution in [0.25, 0.3) is 0 Å². The van der Waals surface area contributed by atoms with Crippen molar-refractivity contribution >= 4 is 11.9 Å². The van der Waals surface area contributed by atoms with Gasteiger partial charge < -0.3 is 10.4 Å². The largest absolute Gasteiger partial charge is 0.481 e. The van der Waals surface area contributed by atoms with Crippen molar-refractivity contribution in [1.82, 2.24) is 5.32 Å². The maximum Gasteiger partial charge on any atom is 0.471 e. The second-order valence-corrected chi connectivity index (χ2v) is 5.12. The second-order valence-electron chi connectivity index (χ2n) is 5.12. The number of hydrogen-bond acceptors (Lipinski definition) is 2.